The molecule has 0 amide bonds. The molecule has 0 aromatic heterocycles. The number of piperazine rings is 1. The lowest BCUT2D eigenvalue weighted by atomic mass is 10.2. The first kappa shape index (κ1) is 16.7. The third-order valence-electron chi connectivity index (χ3n) is 3.45. The SMILES string of the molecule is CCOC(=O)c1ccc(NS(=O)(=O)N2CCN(C)CC2)cc1. The molecule has 1 N–H and O–H groups in total. The highest BCUT2D eigenvalue weighted by Gasteiger charge is 2.25. The second kappa shape index (κ2) is 7.08. The largest absolute Gasteiger partial charge is 0.462 e. The van der Waals surface area contributed by atoms with Crippen LogP contribution >= 0.6 is 0 Å². The number of esters is 1. The van der Waals surface area contributed by atoms with Crippen molar-refractivity contribution in [2.24, 2.45) is 0 Å². The lowest BCUT2D eigenvalue weighted by molar-refractivity contribution is 0.0526. The summed E-state index contributed by atoms with van der Waals surface area (Å²) < 4.78 is 33.4. The Balaban J connectivity index is 2.02. The van der Waals surface area contributed by atoms with Crippen LogP contribution in [0.25, 0.3) is 0 Å². The van der Waals surface area contributed by atoms with Crippen LogP contribution in [0.15, 0.2) is 24.3 Å². The first-order valence-corrected chi connectivity index (χ1v) is 8.60. The number of carbonyl (C=O) groups excluding carboxylic acids is 1. The van der Waals surface area contributed by atoms with Gasteiger partial charge in [-0.25, -0.2) is 4.79 Å². The molecule has 1 aromatic carbocycles. The zero-order valence-electron chi connectivity index (χ0n) is 12.8. The van der Waals surface area contributed by atoms with Crippen LogP contribution in [-0.4, -0.2) is 63.4 Å². The molecule has 1 aliphatic heterocycles. The average Bonchev–Trinajstić information content (AvgIpc) is 2.48. The van der Waals surface area contributed by atoms with Crippen molar-refractivity contribution in [1.82, 2.24) is 9.21 Å². The van der Waals surface area contributed by atoms with Crippen LogP contribution in [0.2, 0.25) is 0 Å². The average molecular weight is 327 g/mol. The molecule has 0 saturated carbocycles. The van der Waals surface area contributed by atoms with Gasteiger partial charge in [-0.1, -0.05) is 0 Å². The van der Waals surface area contributed by atoms with E-state index in [1.54, 1.807) is 31.2 Å². The zero-order valence-corrected chi connectivity index (χ0v) is 13.6. The molecular formula is C14H21N3O4S. The fraction of sp³-hybridized carbons (Fsp3) is 0.500. The highest BCUT2D eigenvalue weighted by Crippen LogP contribution is 2.15. The number of nitrogens with zero attached hydrogens (tertiary/aromatic N) is 2. The molecule has 122 valence electrons. The van der Waals surface area contributed by atoms with Crippen LogP contribution in [0.3, 0.4) is 0 Å². The molecule has 0 atom stereocenters. The maximum atomic E-state index is 12.3. The number of benzene rings is 1. The second-order valence-corrected chi connectivity index (χ2v) is 6.78. The number of hydrogen-bond acceptors (Lipinski definition) is 5. The van der Waals surface area contributed by atoms with Gasteiger partial charge in [0.25, 0.3) is 0 Å². The summed E-state index contributed by atoms with van der Waals surface area (Å²) in [4.78, 5) is 13.6. The van der Waals surface area contributed by atoms with E-state index >= 15 is 0 Å². The Hall–Kier alpha value is -1.64. The van der Waals surface area contributed by atoms with Crippen molar-refractivity contribution in [3.63, 3.8) is 0 Å². The monoisotopic (exact) mass is 327 g/mol. The van der Waals surface area contributed by atoms with Gasteiger partial charge in [0.1, 0.15) is 0 Å². The van der Waals surface area contributed by atoms with Gasteiger partial charge in [0.15, 0.2) is 0 Å². The molecule has 1 fully saturated rings. The van der Waals surface area contributed by atoms with E-state index in [1.165, 1.54) is 4.31 Å². The summed E-state index contributed by atoms with van der Waals surface area (Å²) >= 11 is 0. The number of nitrogens with one attached hydrogen (secondary N) is 1. The third kappa shape index (κ3) is 4.19. The summed E-state index contributed by atoms with van der Waals surface area (Å²) in [6.45, 7) is 4.39. The van der Waals surface area contributed by atoms with Gasteiger partial charge in [-0.15, -0.1) is 0 Å². The van der Waals surface area contributed by atoms with Crippen molar-refractivity contribution in [3.8, 4) is 0 Å². The first-order valence-electron chi connectivity index (χ1n) is 7.16. The van der Waals surface area contributed by atoms with Gasteiger partial charge in [0.2, 0.25) is 0 Å². The Morgan fingerprint density at radius 2 is 1.77 bits per heavy atom. The molecule has 0 aliphatic carbocycles. The minimum absolute atomic E-state index is 0.302. The number of ether oxygens (including phenoxy) is 1. The van der Waals surface area contributed by atoms with E-state index in [-0.39, 0.29) is 0 Å². The van der Waals surface area contributed by atoms with Gasteiger partial charge in [-0.2, -0.15) is 12.7 Å². The zero-order chi connectivity index (χ0) is 16.2. The molecule has 0 radical (unpaired) electrons. The van der Waals surface area contributed by atoms with E-state index in [9.17, 15) is 13.2 Å². The summed E-state index contributed by atoms with van der Waals surface area (Å²) in [6, 6.07) is 6.19. The first-order chi connectivity index (χ1) is 10.4. The van der Waals surface area contributed by atoms with Crippen LogP contribution in [-0.2, 0) is 14.9 Å². The van der Waals surface area contributed by atoms with Crippen LogP contribution in [0, 0.1) is 0 Å². The molecule has 1 saturated heterocycles. The van der Waals surface area contributed by atoms with E-state index in [0.717, 1.165) is 0 Å². The highest BCUT2D eigenvalue weighted by molar-refractivity contribution is 7.90. The number of rotatable bonds is 5. The van der Waals surface area contributed by atoms with Crippen LogP contribution in [0.4, 0.5) is 5.69 Å². The lowest BCUT2D eigenvalue weighted by Gasteiger charge is -2.31. The van der Waals surface area contributed by atoms with Crippen molar-refractivity contribution in [1.29, 1.82) is 0 Å². The summed E-state index contributed by atoms with van der Waals surface area (Å²) in [5.74, 6) is -0.420. The van der Waals surface area contributed by atoms with Crippen LogP contribution < -0.4 is 4.72 Å². The predicted molar refractivity (Wildman–Crippen MR) is 84.0 cm³/mol. The minimum atomic E-state index is -3.56. The fourth-order valence-electron chi connectivity index (χ4n) is 2.13. The Kier molecular flexibility index (Phi) is 5.38. The molecule has 8 heteroatoms. The maximum absolute atomic E-state index is 12.3. The van der Waals surface area contributed by atoms with Crippen molar-refractivity contribution >= 4 is 21.9 Å². The molecular weight excluding hydrogens is 306 g/mol. The van der Waals surface area contributed by atoms with E-state index < -0.39 is 16.2 Å². The van der Waals surface area contributed by atoms with Crippen molar-refractivity contribution in [2.45, 2.75) is 6.92 Å². The summed E-state index contributed by atoms with van der Waals surface area (Å²) in [5, 5.41) is 0. The van der Waals surface area contributed by atoms with E-state index in [0.29, 0.717) is 44.0 Å². The molecule has 2 rings (SSSR count). The summed E-state index contributed by atoms with van der Waals surface area (Å²) in [6.07, 6.45) is 0. The lowest BCUT2D eigenvalue weighted by Crippen LogP contribution is -2.48. The Labute approximate surface area is 131 Å². The maximum Gasteiger partial charge on any atom is 0.338 e. The predicted octanol–water partition coefficient (Wildman–Crippen LogP) is 0.767. The quantitative estimate of drug-likeness (QED) is 0.808. The van der Waals surface area contributed by atoms with Gasteiger partial charge < -0.3 is 9.64 Å². The number of carbonyl (C=O) groups is 1. The Bertz CT molecular complexity index is 607. The van der Waals surface area contributed by atoms with E-state index in [2.05, 4.69) is 9.62 Å². The minimum Gasteiger partial charge on any atom is -0.462 e. The van der Waals surface area contributed by atoms with Gasteiger partial charge >= 0.3 is 16.2 Å². The Morgan fingerprint density at radius 1 is 1.18 bits per heavy atom. The normalized spacial score (nSPS) is 17.2. The molecule has 0 bridgehead atoms. The number of anilines is 1. The van der Waals surface area contributed by atoms with Gasteiger partial charge in [0, 0.05) is 31.9 Å². The van der Waals surface area contributed by atoms with Crippen molar-refractivity contribution in [2.75, 3.05) is 44.6 Å². The molecule has 7 nitrogen and oxygen atoms in total. The number of likely N-dealkylation sites (N-methyl/N-ethyl adjacent to an activating group) is 1. The molecule has 1 aliphatic rings. The van der Waals surface area contributed by atoms with E-state index in [4.69, 9.17) is 4.74 Å². The standard InChI is InChI=1S/C14H21N3O4S/c1-3-21-14(18)12-4-6-13(7-5-12)15-22(19,20)17-10-8-16(2)9-11-17/h4-7,15H,3,8-11H2,1-2H3. The van der Waals surface area contributed by atoms with Crippen molar-refractivity contribution < 1.29 is 17.9 Å². The smallest absolute Gasteiger partial charge is 0.338 e. The summed E-state index contributed by atoms with van der Waals surface area (Å²) in [5.41, 5.74) is 0.816. The van der Waals surface area contributed by atoms with E-state index in [1.807, 2.05) is 7.05 Å². The van der Waals surface area contributed by atoms with Gasteiger partial charge in [0.05, 0.1) is 12.2 Å². The summed E-state index contributed by atoms with van der Waals surface area (Å²) in [7, 11) is -1.60. The fourth-order valence-corrected chi connectivity index (χ4v) is 3.34. The topological polar surface area (TPSA) is 78.9 Å². The highest BCUT2D eigenvalue weighted by atomic mass is 32.2. The molecule has 1 aromatic rings. The van der Waals surface area contributed by atoms with Gasteiger partial charge in [-0.05, 0) is 38.2 Å². The molecule has 1 heterocycles. The second-order valence-electron chi connectivity index (χ2n) is 5.11. The number of hydrogen-bond donors (Lipinski definition) is 1. The van der Waals surface area contributed by atoms with Gasteiger partial charge in [-0.3, -0.25) is 4.72 Å². The molecule has 0 unspecified atom stereocenters. The van der Waals surface area contributed by atoms with Crippen LogP contribution in [0.1, 0.15) is 17.3 Å². The molecule has 22 heavy (non-hydrogen) atoms. The van der Waals surface area contributed by atoms with Crippen molar-refractivity contribution in [3.05, 3.63) is 29.8 Å². The molecule has 0 spiro atoms. The van der Waals surface area contributed by atoms with Crippen LogP contribution in [0.5, 0.6) is 0 Å². The Morgan fingerprint density at radius 3 is 2.32 bits per heavy atom. The third-order valence-corrected chi connectivity index (χ3v) is 4.98.